The maximum absolute atomic E-state index is 12.9. The fourth-order valence-corrected chi connectivity index (χ4v) is 4.22. The number of benzene rings is 1. The number of nitrogens with zero attached hydrogens (tertiary/aromatic N) is 3. The number of hydrogen-bond acceptors (Lipinski definition) is 4. The Hall–Kier alpha value is -2.66. The number of para-hydroxylation sites is 1. The summed E-state index contributed by atoms with van der Waals surface area (Å²) in [6, 6.07) is 13.7. The highest BCUT2D eigenvalue weighted by Crippen LogP contribution is 2.27. The van der Waals surface area contributed by atoms with Gasteiger partial charge in [-0.3, -0.25) is 9.78 Å². The number of unbranched alkanes of at least 4 members (excludes halogenated alkanes) is 1. The Kier molecular flexibility index (Phi) is 6.25. The summed E-state index contributed by atoms with van der Waals surface area (Å²) in [5.41, 5.74) is 2.73. The predicted octanol–water partition coefficient (Wildman–Crippen LogP) is 4.44. The minimum atomic E-state index is 0.0306. The third-order valence-electron chi connectivity index (χ3n) is 5.94. The number of rotatable bonds is 6. The average Bonchev–Trinajstić information content (AvgIpc) is 2.89. The van der Waals surface area contributed by atoms with Gasteiger partial charge in [0.05, 0.1) is 11.3 Å². The molecule has 0 saturated carbocycles. The first-order valence-electron chi connectivity index (χ1n) is 10.6. The van der Waals surface area contributed by atoms with Crippen LogP contribution in [-0.4, -0.2) is 46.9 Å². The van der Waals surface area contributed by atoms with E-state index in [1.54, 1.807) is 6.26 Å². The number of ether oxygens (including phenoxy) is 1. The number of amides is 1. The molecular formula is C24H29N3O2. The number of pyridine rings is 1. The summed E-state index contributed by atoms with van der Waals surface area (Å²) < 4.78 is 5.67. The molecule has 1 fully saturated rings. The van der Waals surface area contributed by atoms with Crippen molar-refractivity contribution in [2.45, 2.75) is 38.5 Å². The van der Waals surface area contributed by atoms with Gasteiger partial charge in [0.15, 0.2) is 0 Å². The van der Waals surface area contributed by atoms with Crippen molar-refractivity contribution in [1.82, 2.24) is 14.8 Å². The monoisotopic (exact) mass is 391 g/mol. The van der Waals surface area contributed by atoms with E-state index in [1.165, 1.54) is 18.5 Å². The smallest absolute Gasteiger partial charge is 0.261 e. The molecule has 0 aliphatic carbocycles. The highest BCUT2D eigenvalue weighted by molar-refractivity contribution is 5.98. The van der Waals surface area contributed by atoms with E-state index in [9.17, 15) is 4.79 Å². The van der Waals surface area contributed by atoms with Gasteiger partial charge in [-0.25, -0.2) is 0 Å². The van der Waals surface area contributed by atoms with Gasteiger partial charge in [-0.05, 0) is 76.5 Å². The van der Waals surface area contributed by atoms with Crippen LogP contribution in [0.25, 0.3) is 0 Å². The number of carbonyl (C=O) groups excluding carboxylic acids is 1. The first-order valence-corrected chi connectivity index (χ1v) is 10.6. The van der Waals surface area contributed by atoms with E-state index in [1.807, 2.05) is 48.4 Å². The third-order valence-corrected chi connectivity index (χ3v) is 5.94. The van der Waals surface area contributed by atoms with Gasteiger partial charge in [0, 0.05) is 24.4 Å². The Morgan fingerprint density at radius 3 is 2.59 bits per heavy atom. The lowest BCUT2D eigenvalue weighted by Gasteiger charge is -2.31. The zero-order valence-corrected chi connectivity index (χ0v) is 17.1. The molecule has 5 heteroatoms. The van der Waals surface area contributed by atoms with Crippen molar-refractivity contribution in [2.24, 2.45) is 0 Å². The lowest BCUT2D eigenvalue weighted by Crippen LogP contribution is -2.34. The molecule has 2 aliphatic rings. The van der Waals surface area contributed by atoms with Crippen molar-refractivity contribution in [2.75, 3.05) is 26.2 Å². The van der Waals surface area contributed by atoms with Gasteiger partial charge >= 0.3 is 0 Å². The summed E-state index contributed by atoms with van der Waals surface area (Å²) in [7, 11) is 0. The van der Waals surface area contributed by atoms with Crippen LogP contribution in [0, 0.1) is 0 Å². The molecule has 0 atom stereocenters. The average molecular weight is 392 g/mol. The molecule has 2 aliphatic heterocycles. The first kappa shape index (κ1) is 19.6. The van der Waals surface area contributed by atoms with Gasteiger partial charge < -0.3 is 14.5 Å². The van der Waals surface area contributed by atoms with Gasteiger partial charge in [0.2, 0.25) is 0 Å². The minimum absolute atomic E-state index is 0.0306. The zero-order chi connectivity index (χ0) is 20.1. The number of aromatic nitrogens is 1. The van der Waals surface area contributed by atoms with Crippen molar-refractivity contribution in [3.05, 3.63) is 71.9 Å². The Balaban J connectivity index is 1.23. The number of allylic oxidation sites excluding steroid dienone is 1. The zero-order valence-electron chi connectivity index (χ0n) is 17.1. The van der Waals surface area contributed by atoms with Crippen LogP contribution in [0.1, 0.15) is 54.6 Å². The van der Waals surface area contributed by atoms with Crippen molar-refractivity contribution in [3.8, 4) is 5.75 Å². The van der Waals surface area contributed by atoms with E-state index in [0.29, 0.717) is 17.2 Å². The van der Waals surface area contributed by atoms with E-state index >= 15 is 0 Å². The maximum Gasteiger partial charge on any atom is 0.261 e. The number of piperidine rings is 1. The van der Waals surface area contributed by atoms with Crippen LogP contribution in [0.15, 0.2) is 60.6 Å². The van der Waals surface area contributed by atoms with Gasteiger partial charge in [-0.2, -0.15) is 0 Å². The summed E-state index contributed by atoms with van der Waals surface area (Å²) in [5, 5.41) is 0. The summed E-state index contributed by atoms with van der Waals surface area (Å²) in [6.45, 7) is 6.01. The molecule has 4 rings (SSSR count). The van der Waals surface area contributed by atoms with E-state index in [0.717, 1.165) is 44.7 Å². The maximum atomic E-state index is 12.9. The van der Waals surface area contributed by atoms with Crippen LogP contribution >= 0.6 is 0 Å². The summed E-state index contributed by atoms with van der Waals surface area (Å²) in [5.74, 6) is 1.26. The second-order valence-corrected chi connectivity index (χ2v) is 7.91. The molecule has 0 bridgehead atoms. The molecule has 152 valence electrons. The second kappa shape index (κ2) is 9.23. The van der Waals surface area contributed by atoms with Crippen molar-refractivity contribution in [3.63, 3.8) is 0 Å². The number of hydrogen-bond donors (Lipinski definition) is 0. The molecule has 1 aromatic carbocycles. The van der Waals surface area contributed by atoms with Crippen LogP contribution in [0.2, 0.25) is 0 Å². The van der Waals surface area contributed by atoms with Gasteiger partial charge in [0.25, 0.3) is 5.91 Å². The fourth-order valence-electron chi connectivity index (χ4n) is 4.22. The van der Waals surface area contributed by atoms with Crippen molar-refractivity contribution >= 4 is 5.91 Å². The van der Waals surface area contributed by atoms with Crippen LogP contribution in [0.4, 0.5) is 0 Å². The van der Waals surface area contributed by atoms with Crippen LogP contribution < -0.4 is 4.74 Å². The fraction of sp³-hybridized carbons (Fsp3) is 0.417. The summed E-state index contributed by atoms with van der Waals surface area (Å²) in [4.78, 5) is 21.8. The van der Waals surface area contributed by atoms with Crippen LogP contribution in [-0.2, 0) is 0 Å². The molecule has 1 amide bonds. The molecule has 0 N–H and O–H groups in total. The number of fused-ring (bicyclic) bond motifs is 1. The van der Waals surface area contributed by atoms with Gasteiger partial charge in [-0.15, -0.1) is 0 Å². The molecule has 3 heterocycles. The highest BCUT2D eigenvalue weighted by atomic mass is 16.5. The van der Waals surface area contributed by atoms with E-state index in [-0.39, 0.29) is 5.91 Å². The molecule has 1 aromatic heterocycles. The molecule has 29 heavy (non-hydrogen) atoms. The molecule has 2 aromatic rings. The lowest BCUT2D eigenvalue weighted by molar-refractivity contribution is 0.0804. The molecule has 5 nitrogen and oxygen atoms in total. The Bertz CT molecular complexity index is 857. The van der Waals surface area contributed by atoms with Crippen molar-refractivity contribution in [1.29, 1.82) is 0 Å². The van der Waals surface area contributed by atoms with Crippen molar-refractivity contribution < 1.29 is 9.53 Å². The SMILES string of the molecule is CC1=COc2ccccc2C(=O)N1CCCCN1CCC(c2ccccn2)CC1. The van der Waals surface area contributed by atoms with Gasteiger partial charge in [0.1, 0.15) is 12.0 Å². The Morgan fingerprint density at radius 2 is 1.79 bits per heavy atom. The van der Waals surface area contributed by atoms with Gasteiger partial charge in [-0.1, -0.05) is 18.2 Å². The van der Waals surface area contributed by atoms with E-state index in [2.05, 4.69) is 22.0 Å². The first-order chi connectivity index (χ1) is 14.2. The van der Waals surface area contributed by atoms with Crippen LogP contribution in [0.5, 0.6) is 5.75 Å². The van der Waals surface area contributed by atoms with E-state index < -0.39 is 0 Å². The predicted molar refractivity (Wildman–Crippen MR) is 114 cm³/mol. The molecule has 0 radical (unpaired) electrons. The highest BCUT2D eigenvalue weighted by Gasteiger charge is 2.24. The van der Waals surface area contributed by atoms with E-state index in [4.69, 9.17) is 4.74 Å². The molecular weight excluding hydrogens is 362 g/mol. The Labute approximate surface area is 173 Å². The normalized spacial score (nSPS) is 18.0. The summed E-state index contributed by atoms with van der Waals surface area (Å²) in [6.07, 6.45) is 8.01. The quantitative estimate of drug-likeness (QED) is 0.683. The largest absolute Gasteiger partial charge is 0.462 e. The molecule has 0 spiro atoms. The molecule has 0 unspecified atom stereocenters. The number of carbonyl (C=O) groups is 1. The number of likely N-dealkylation sites (tertiary alicyclic amines) is 1. The topological polar surface area (TPSA) is 45.7 Å². The summed E-state index contributed by atoms with van der Waals surface area (Å²) >= 11 is 0. The lowest BCUT2D eigenvalue weighted by atomic mass is 9.93. The second-order valence-electron chi connectivity index (χ2n) is 7.91. The third kappa shape index (κ3) is 4.67. The minimum Gasteiger partial charge on any atom is -0.462 e. The standard InChI is InChI=1S/C24H29N3O2/c1-19-18-29-23-10-3-2-8-21(23)24(28)27(19)15-7-6-14-26-16-11-20(12-17-26)22-9-4-5-13-25-22/h2-5,8-10,13,18,20H,6-7,11-12,14-17H2,1H3. The molecule has 1 saturated heterocycles. The van der Waals surface area contributed by atoms with Crippen LogP contribution in [0.3, 0.4) is 0 Å². The Morgan fingerprint density at radius 1 is 1.03 bits per heavy atom.